The van der Waals surface area contributed by atoms with E-state index in [0.717, 1.165) is 18.5 Å². The van der Waals surface area contributed by atoms with Crippen LogP contribution in [0, 0.1) is 12.7 Å². The number of halogens is 1. The molecule has 128 valence electrons. The van der Waals surface area contributed by atoms with E-state index >= 15 is 0 Å². The maximum absolute atomic E-state index is 13.5. The normalized spacial score (nSPS) is 18.8. The molecular formula is C17H25FN2O3. The summed E-state index contributed by atoms with van der Waals surface area (Å²) in [5.74, 6) is -0.306. The molecule has 1 unspecified atom stereocenters. The predicted octanol–water partition coefficient (Wildman–Crippen LogP) is 1.49. The summed E-state index contributed by atoms with van der Waals surface area (Å²) in [5, 5.41) is 2.85. The van der Waals surface area contributed by atoms with Gasteiger partial charge in [-0.25, -0.2) is 4.39 Å². The first-order chi connectivity index (χ1) is 11.1. The number of carbonyl (C=O) groups excluding carboxylic acids is 1. The Morgan fingerprint density at radius 2 is 2.35 bits per heavy atom. The van der Waals surface area contributed by atoms with E-state index in [9.17, 15) is 9.18 Å². The van der Waals surface area contributed by atoms with Crippen molar-refractivity contribution in [3.8, 4) is 0 Å². The van der Waals surface area contributed by atoms with Gasteiger partial charge in [-0.1, -0.05) is 12.1 Å². The second kappa shape index (κ2) is 8.96. The quantitative estimate of drug-likeness (QED) is 0.826. The topological polar surface area (TPSA) is 50.8 Å². The molecule has 0 aliphatic carbocycles. The Morgan fingerprint density at radius 3 is 3.09 bits per heavy atom. The number of hydrogen-bond donors (Lipinski definition) is 1. The molecule has 1 fully saturated rings. The molecule has 0 aromatic heterocycles. The number of carbonyl (C=O) groups is 1. The van der Waals surface area contributed by atoms with E-state index in [1.807, 2.05) is 6.07 Å². The second-order valence-corrected chi connectivity index (χ2v) is 5.84. The van der Waals surface area contributed by atoms with Gasteiger partial charge in [0, 0.05) is 32.8 Å². The number of hydrogen-bond acceptors (Lipinski definition) is 4. The fourth-order valence-corrected chi connectivity index (χ4v) is 2.60. The summed E-state index contributed by atoms with van der Waals surface area (Å²) in [6.07, 6.45) is 0.840. The first-order valence-corrected chi connectivity index (χ1v) is 7.92. The smallest absolute Gasteiger partial charge is 0.234 e. The van der Waals surface area contributed by atoms with Crippen LogP contribution in [0.1, 0.15) is 17.5 Å². The lowest BCUT2D eigenvalue weighted by Gasteiger charge is -2.34. The Hall–Kier alpha value is -1.50. The summed E-state index contributed by atoms with van der Waals surface area (Å²) in [6, 6.07) is 5.21. The Labute approximate surface area is 136 Å². The molecule has 1 aromatic rings. The van der Waals surface area contributed by atoms with Crippen LogP contribution in [0.25, 0.3) is 0 Å². The third-order valence-corrected chi connectivity index (χ3v) is 4.08. The third kappa shape index (κ3) is 5.57. The van der Waals surface area contributed by atoms with Crippen molar-refractivity contribution < 1.29 is 18.7 Å². The highest BCUT2D eigenvalue weighted by atomic mass is 19.1. The van der Waals surface area contributed by atoms with E-state index in [1.54, 1.807) is 20.1 Å². The van der Waals surface area contributed by atoms with Crippen LogP contribution in [-0.4, -0.2) is 56.9 Å². The fourth-order valence-electron chi connectivity index (χ4n) is 2.60. The number of benzene rings is 1. The van der Waals surface area contributed by atoms with E-state index in [4.69, 9.17) is 9.47 Å². The number of nitrogens with one attached hydrogen (secondary N) is 1. The summed E-state index contributed by atoms with van der Waals surface area (Å²) < 4.78 is 24.1. The SMILES string of the molecule is COCCC1COCCN1CC(=O)NCc1ccc(C)c(F)c1. The Bertz CT molecular complexity index is 525. The zero-order chi connectivity index (χ0) is 16.7. The second-order valence-electron chi connectivity index (χ2n) is 5.84. The molecule has 2 rings (SSSR count). The van der Waals surface area contributed by atoms with Crippen molar-refractivity contribution in [1.29, 1.82) is 0 Å². The number of rotatable bonds is 7. The predicted molar refractivity (Wildman–Crippen MR) is 85.7 cm³/mol. The maximum atomic E-state index is 13.5. The van der Waals surface area contributed by atoms with Crippen LogP contribution < -0.4 is 5.32 Å². The number of ether oxygens (including phenoxy) is 2. The van der Waals surface area contributed by atoms with E-state index in [2.05, 4.69) is 10.2 Å². The lowest BCUT2D eigenvalue weighted by atomic mass is 10.1. The molecule has 6 heteroatoms. The minimum atomic E-state index is -0.246. The van der Waals surface area contributed by atoms with Gasteiger partial charge in [-0.15, -0.1) is 0 Å². The lowest BCUT2D eigenvalue weighted by Crippen LogP contribution is -2.49. The Kier molecular flexibility index (Phi) is 6.95. The molecular weight excluding hydrogens is 299 g/mol. The van der Waals surface area contributed by atoms with Gasteiger partial charge in [-0.3, -0.25) is 9.69 Å². The molecule has 0 bridgehead atoms. The summed E-state index contributed by atoms with van der Waals surface area (Å²) in [7, 11) is 1.67. The summed E-state index contributed by atoms with van der Waals surface area (Å²) in [5.41, 5.74) is 1.37. The van der Waals surface area contributed by atoms with Gasteiger partial charge < -0.3 is 14.8 Å². The fraction of sp³-hybridized carbons (Fsp3) is 0.588. The van der Waals surface area contributed by atoms with Crippen LogP contribution in [0.15, 0.2) is 18.2 Å². The van der Waals surface area contributed by atoms with Crippen molar-refractivity contribution >= 4 is 5.91 Å². The molecule has 1 aliphatic rings. The van der Waals surface area contributed by atoms with E-state index in [-0.39, 0.29) is 17.8 Å². The van der Waals surface area contributed by atoms with Gasteiger partial charge in [-0.2, -0.15) is 0 Å². The van der Waals surface area contributed by atoms with Crippen molar-refractivity contribution in [3.63, 3.8) is 0 Å². The molecule has 0 saturated carbocycles. The summed E-state index contributed by atoms with van der Waals surface area (Å²) in [4.78, 5) is 14.3. The molecule has 23 heavy (non-hydrogen) atoms. The highest BCUT2D eigenvalue weighted by molar-refractivity contribution is 5.78. The standard InChI is InChI=1S/C17H25FN2O3/c1-13-3-4-14(9-16(13)18)10-19-17(21)11-20-6-8-23-12-15(20)5-7-22-2/h3-4,9,15H,5-8,10-12H2,1-2H3,(H,19,21). The zero-order valence-electron chi connectivity index (χ0n) is 13.8. The van der Waals surface area contributed by atoms with Crippen molar-refractivity contribution in [2.24, 2.45) is 0 Å². The molecule has 5 nitrogen and oxygen atoms in total. The van der Waals surface area contributed by atoms with Gasteiger partial charge >= 0.3 is 0 Å². The molecule has 1 amide bonds. The highest BCUT2D eigenvalue weighted by Crippen LogP contribution is 2.11. The van der Waals surface area contributed by atoms with Crippen LogP contribution >= 0.6 is 0 Å². The van der Waals surface area contributed by atoms with Gasteiger partial charge in [0.15, 0.2) is 0 Å². The van der Waals surface area contributed by atoms with Gasteiger partial charge in [0.05, 0.1) is 19.8 Å². The Balaban J connectivity index is 1.81. The minimum Gasteiger partial charge on any atom is -0.385 e. The van der Waals surface area contributed by atoms with E-state index in [1.165, 1.54) is 6.07 Å². The molecule has 0 spiro atoms. The average Bonchev–Trinajstić information content (AvgIpc) is 2.55. The first-order valence-electron chi connectivity index (χ1n) is 7.92. The van der Waals surface area contributed by atoms with Crippen LogP contribution in [-0.2, 0) is 20.8 Å². The van der Waals surface area contributed by atoms with Crippen LogP contribution in [0.5, 0.6) is 0 Å². The van der Waals surface area contributed by atoms with Crippen molar-refractivity contribution in [2.75, 3.05) is 40.0 Å². The van der Waals surface area contributed by atoms with Crippen LogP contribution in [0.2, 0.25) is 0 Å². The number of amides is 1. The van der Waals surface area contributed by atoms with Gasteiger partial charge in [-0.05, 0) is 30.5 Å². The molecule has 1 aliphatic heterocycles. The molecule has 1 atom stereocenters. The van der Waals surface area contributed by atoms with Gasteiger partial charge in [0.1, 0.15) is 5.82 Å². The number of nitrogens with zero attached hydrogens (tertiary/aromatic N) is 1. The average molecular weight is 324 g/mol. The summed E-state index contributed by atoms with van der Waals surface area (Å²) >= 11 is 0. The number of morpholine rings is 1. The van der Waals surface area contributed by atoms with Gasteiger partial charge in [0.2, 0.25) is 5.91 Å². The zero-order valence-corrected chi connectivity index (χ0v) is 13.8. The monoisotopic (exact) mass is 324 g/mol. The van der Waals surface area contributed by atoms with Crippen LogP contribution in [0.3, 0.4) is 0 Å². The van der Waals surface area contributed by atoms with Gasteiger partial charge in [0.25, 0.3) is 0 Å². The largest absolute Gasteiger partial charge is 0.385 e. The molecule has 1 heterocycles. The van der Waals surface area contributed by atoms with E-state index in [0.29, 0.717) is 38.5 Å². The molecule has 1 aromatic carbocycles. The molecule has 0 radical (unpaired) electrons. The van der Waals surface area contributed by atoms with Crippen molar-refractivity contribution in [3.05, 3.63) is 35.1 Å². The van der Waals surface area contributed by atoms with E-state index < -0.39 is 0 Å². The molecule has 1 N–H and O–H groups in total. The van der Waals surface area contributed by atoms with Crippen molar-refractivity contribution in [1.82, 2.24) is 10.2 Å². The van der Waals surface area contributed by atoms with Crippen LogP contribution in [0.4, 0.5) is 4.39 Å². The number of aryl methyl sites for hydroxylation is 1. The first kappa shape index (κ1) is 17.8. The lowest BCUT2D eigenvalue weighted by molar-refractivity contribution is -0.125. The third-order valence-electron chi connectivity index (χ3n) is 4.08. The molecule has 1 saturated heterocycles. The number of methoxy groups -OCH3 is 1. The van der Waals surface area contributed by atoms with Crippen molar-refractivity contribution in [2.45, 2.75) is 25.9 Å². The highest BCUT2D eigenvalue weighted by Gasteiger charge is 2.24. The Morgan fingerprint density at radius 1 is 1.52 bits per heavy atom. The minimum absolute atomic E-state index is 0.0599. The maximum Gasteiger partial charge on any atom is 0.234 e. The summed E-state index contributed by atoms with van der Waals surface area (Å²) in [6.45, 7) is 5.03.